The molecule has 2 aromatic rings. The van der Waals surface area contributed by atoms with Crippen LogP contribution in [0.25, 0.3) is 0 Å². The molecule has 240 valence electrons. The molecule has 2 bridgehead atoms. The zero-order chi connectivity index (χ0) is 31.7. The number of rotatable bonds is 7. The minimum absolute atomic E-state index is 0.113. The zero-order valence-electron chi connectivity index (χ0n) is 25.2. The summed E-state index contributed by atoms with van der Waals surface area (Å²) in [5.41, 5.74) is 2.99. The summed E-state index contributed by atoms with van der Waals surface area (Å²) in [7, 11) is 3.06. The number of hydrogen-bond acceptors (Lipinski definition) is 6. The summed E-state index contributed by atoms with van der Waals surface area (Å²) >= 11 is 0. The van der Waals surface area contributed by atoms with Crippen LogP contribution in [0.1, 0.15) is 67.4 Å². The highest BCUT2D eigenvalue weighted by Gasteiger charge is 2.35. The number of nitrogens with one attached hydrogen (secondary N) is 2. The number of aliphatic hydroxyl groups excluding tert-OH is 1. The van der Waals surface area contributed by atoms with Crippen LogP contribution in [-0.4, -0.2) is 73.5 Å². The van der Waals surface area contributed by atoms with Gasteiger partial charge >= 0.3 is 6.18 Å². The molecule has 0 spiro atoms. The molecule has 8 nitrogen and oxygen atoms in total. The Kier molecular flexibility index (Phi) is 11.8. The van der Waals surface area contributed by atoms with Crippen LogP contribution in [0.15, 0.2) is 60.7 Å². The average molecular weight is 618 g/mol. The van der Waals surface area contributed by atoms with Crippen molar-refractivity contribution in [2.24, 2.45) is 0 Å². The maximum Gasteiger partial charge on any atom is 0.389 e. The topological polar surface area (TPSA) is 100 Å². The third-order valence-electron chi connectivity index (χ3n) is 8.31. The Bertz CT molecular complexity index is 1270. The number of fused-ring (bicyclic) bond motifs is 5. The van der Waals surface area contributed by atoms with Gasteiger partial charge in [0.2, 0.25) is 11.8 Å². The molecule has 2 aliphatic rings. The van der Waals surface area contributed by atoms with Gasteiger partial charge in [-0.3, -0.25) is 9.59 Å². The standard InChI is InChI=1S/C33H42F3N3O5/c1-39(31(41)13-9-16-33(34,35)36)28-12-7-4-8-17-44-30-20-26(25-19-23(43-2)14-15-24(25)30)37-21-29(40)27(38-32(28)42)18-22-10-5-3-6-11-22/h3-6,8,10-11,14-15,19,26-30,37,40H,7,9,12-13,16-18,20-21H2,1-2H3,(H,38,42)/t26-,27-,28-,29+,30+/m0/s1. The second-order valence-electron chi connectivity index (χ2n) is 11.4. The van der Waals surface area contributed by atoms with E-state index in [4.69, 9.17) is 9.47 Å². The molecule has 0 radical (unpaired) electrons. The van der Waals surface area contributed by atoms with E-state index in [1.807, 2.05) is 60.7 Å². The number of carbonyl (C=O) groups excluding carboxylic acids is 2. The number of amides is 2. The average Bonchev–Trinajstić information content (AvgIpc) is 3.34. The minimum Gasteiger partial charge on any atom is -0.497 e. The molecule has 4 rings (SSSR count). The number of allylic oxidation sites excluding steroid dienone is 1. The highest BCUT2D eigenvalue weighted by molar-refractivity contribution is 5.87. The largest absolute Gasteiger partial charge is 0.497 e. The van der Waals surface area contributed by atoms with E-state index >= 15 is 0 Å². The van der Waals surface area contributed by atoms with E-state index in [9.17, 15) is 27.9 Å². The summed E-state index contributed by atoms with van der Waals surface area (Å²) < 4.78 is 49.7. The predicted octanol–water partition coefficient (Wildman–Crippen LogP) is 4.79. The van der Waals surface area contributed by atoms with Crippen molar-refractivity contribution in [2.75, 3.05) is 27.3 Å². The maximum atomic E-state index is 13.7. The van der Waals surface area contributed by atoms with Crippen LogP contribution in [0.2, 0.25) is 0 Å². The Morgan fingerprint density at radius 2 is 1.91 bits per heavy atom. The van der Waals surface area contributed by atoms with Gasteiger partial charge in [0.1, 0.15) is 11.8 Å². The van der Waals surface area contributed by atoms with Crippen molar-refractivity contribution in [2.45, 2.75) is 81.5 Å². The van der Waals surface area contributed by atoms with Crippen molar-refractivity contribution in [1.29, 1.82) is 0 Å². The monoisotopic (exact) mass is 617 g/mol. The van der Waals surface area contributed by atoms with E-state index in [-0.39, 0.29) is 38.0 Å². The zero-order valence-corrected chi connectivity index (χ0v) is 25.2. The fourth-order valence-corrected chi connectivity index (χ4v) is 5.83. The molecular formula is C33H42F3N3O5. The van der Waals surface area contributed by atoms with Crippen LogP contribution in [0.3, 0.4) is 0 Å². The molecule has 0 fully saturated rings. The summed E-state index contributed by atoms with van der Waals surface area (Å²) in [5.74, 6) is -0.285. The van der Waals surface area contributed by atoms with Gasteiger partial charge in [0.25, 0.3) is 0 Å². The number of carbonyl (C=O) groups is 2. The molecular weight excluding hydrogens is 575 g/mol. The van der Waals surface area contributed by atoms with E-state index < -0.39 is 42.6 Å². The fourth-order valence-electron chi connectivity index (χ4n) is 5.83. The number of hydrogen-bond donors (Lipinski definition) is 3. The first-order chi connectivity index (χ1) is 21.1. The number of methoxy groups -OCH3 is 1. The van der Waals surface area contributed by atoms with Gasteiger partial charge in [-0.15, -0.1) is 0 Å². The van der Waals surface area contributed by atoms with Gasteiger partial charge in [0.05, 0.1) is 32.0 Å². The second kappa shape index (κ2) is 15.5. The number of likely N-dealkylation sites (N-methyl/N-ethyl adjacent to an activating group) is 1. The molecule has 1 aliphatic carbocycles. The second-order valence-corrected chi connectivity index (χ2v) is 11.4. The van der Waals surface area contributed by atoms with Crippen molar-refractivity contribution < 1.29 is 37.3 Å². The highest BCUT2D eigenvalue weighted by Crippen LogP contribution is 2.42. The Morgan fingerprint density at radius 1 is 1.14 bits per heavy atom. The molecule has 3 N–H and O–H groups in total. The van der Waals surface area contributed by atoms with Crippen molar-refractivity contribution in [3.63, 3.8) is 0 Å². The first-order valence-electron chi connectivity index (χ1n) is 15.1. The molecule has 0 unspecified atom stereocenters. The van der Waals surface area contributed by atoms with Gasteiger partial charge in [-0.2, -0.15) is 13.2 Å². The number of alkyl halides is 3. The van der Waals surface area contributed by atoms with Crippen LogP contribution in [0.5, 0.6) is 5.75 Å². The number of halogens is 3. The number of benzene rings is 2. The van der Waals surface area contributed by atoms with Crippen molar-refractivity contribution >= 4 is 11.8 Å². The molecule has 0 saturated heterocycles. The summed E-state index contributed by atoms with van der Waals surface area (Å²) in [5, 5.41) is 17.9. The molecule has 5 atom stereocenters. The van der Waals surface area contributed by atoms with Gasteiger partial charge in [-0.05, 0) is 60.9 Å². The maximum absolute atomic E-state index is 13.7. The SMILES string of the molecule is COc1ccc2c(c1)[C@@H]1C[C@H]2OCC=CCC[C@H](N(C)C(=O)CCCC(F)(F)F)C(=O)N[C@@H](Cc2ccccc2)[C@H](O)CN1. The van der Waals surface area contributed by atoms with Crippen LogP contribution < -0.4 is 15.4 Å². The Morgan fingerprint density at radius 3 is 2.64 bits per heavy atom. The Hall–Kier alpha value is -3.41. The molecule has 2 amide bonds. The van der Waals surface area contributed by atoms with Crippen LogP contribution in [0, 0.1) is 0 Å². The smallest absolute Gasteiger partial charge is 0.389 e. The van der Waals surface area contributed by atoms with E-state index in [0.717, 1.165) is 22.4 Å². The predicted molar refractivity (Wildman–Crippen MR) is 160 cm³/mol. The van der Waals surface area contributed by atoms with E-state index in [1.54, 1.807) is 7.11 Å². The number of ether oxygens (including phenoxy) is 2. The molecule has 44 heavy (non-hydrogen) atoms. The highest BCUT2D eigenvalue weighted by atomic mass is 19.4. The lowest BCUT2D eigenvalue weighted by atomic mass is 9.99. The first-order valence-corrected chi connectivity index (χ1v) is 15.1. The third kappa shape index (κ3) is 9.30. The normalized spacial score (nSPS) is 24.8. The molecule has 0 saturated carbocycles. The number of nitrogens with zero attached hydrogens (tertiary/aromatic N) is 1. The van der Waals surface area contributed by atoms with E-state index in [2.05, 4.69) is 10.6 Å². The molecule has 0 aromatic heterocycles. The first kappa shape index (κ1) is 33.5. The van der Waals surface area contributed by atoms with Crippen molar-refractivity contribution in [1.82, 2.24) is 15.5 Å². The van der Waals surface area contributed by atoms with Crippen LogP contribution in [-0.2, 0) is 20.7 Å². The van der Waals surface area contributed by atoms with Crippen molar-refractivity contribution in [3.05, 3.63) is 77.4 Å². The summed E-state index contributed by atoms with van der Waals surface area (Å²) in [6.07, 6.45) is -1.79. The Labute approximate surface area is 256 Å². The van der Waals surface area contributed by atoms with Gasteiger partial charge in [-0.25, -0.2) is 0 Å². The van der Waals surface area contributed by atoms with Crippen molar-refractivity contribution in [3.8, 4) is 5.75 Å². The lowest BCUT2D eigenvalue weighted by molar-refractivity contribution is -0.144. The number of aliphatic hydroxyl groups is 1. The van der Waals surface area contributed by atoms with E-state index in [0.29, 0.717) is 25.9 Å². The van der Waals surface area contributed by atoms with Gasteiger partial charge < -0.3 is 30.1 Å². The third-order valence-corrected chi connectivity index (χ3v) is 8.31. The summed E-state index contributed by atoms with van der Waals surface area (Å²) in [6, 6.07) is 13.6. The van der Waals surface area contributed by atoms with Gasteiger partial charge in [-0.1, -0.05) is 48.6 Å². The molecule has 11 heteroatoms. The van der Waals surface area contributed by atoms with Gasteiger partial charge in [0, 0.05) is 32.5 Å². The van der Waals surface area contributed by atoms with E-state index in [1.165, 1.54) is 11.9 Å². The van der Waals surface area contributed by atoms with Crippen LogP contribution >= 0.6 is 0 Å². The summed E-state index contributed by atoms with van der Waals surface area (Å²) in [6.45, 7) is 0.510. The molecule has 1 aliphatic heterocycles. The lowest BCUT2D eigenvalue weighted by Gasteiger charge is -2.31. The minimum atomic E-state index is -4.35. The lowest BCUT2D eigenvalue weighted by Crippen LogP contribution is -2.55. The molecule has 1 heterocycles. The summed E-state index contributed by atoms with van der Waals surface area (Å²) in [4.78, 5) is 27.8. The fraction of sp³-hybridized carbons (Fsp3) is 0.515. The number of β-amino-alcohol motifs (C(OH)–C–C–N with tert-alkyl or cyclic N) is 1. The molecule has 2 aromatic carbocycles. The quantitative estimate of drug-likeness (QED) is 0.387. The van der Waals surface area contributed by atoms with Gasteiger partial charge in [0.15, 0.2) is 0 Å². The Balaban J connectivity index is 1.56. The van der Waals surface area contributed by atoms with Crippen LogP contribution in [0.4, 0.5) is 13.2 Å².